The molecule has 1 amide bonds. The Hall–Kier alpha value is -3.53. The zero-order chi connectivity index (χ0) is 18.6. The van der Waals surface area contributed by atoms with Gasteiger partial charge in [0.25, 0.3) is 5.91 Å². The van der Waals surface area contributed by atoms with E-state index in [1.54, 1.807) is 23.4 Å². The number of carbonyl (C=O) groups excluding carboxylic acids is 1. The lowest BCUT2D eigenvalue weighted by Crippen LogP contribution is -2.34. The van der Waals surface area contributed by atoms with Gasteiger partial charge in [-0.2, -0.15) is 0 Å². The van der Waals surface area contributed by atoms with Crippen molar-refractivity contribution in [1.82, 2.24) is 9.97 Å². The quantitative estimate of drug-likeness (QED) is 0.516. The molecular weight excluding hydrogens is 334 g/mol. The third kappa shape index (κ3) is 3.42. The molecule has 1 atom stereocenters. The van der Waals surface area contributed by atoms with Crippen LogP contribution in [0.1, 0.15) is 29.0 Å². The molecule has 0 aliphatic heterocycles. The number of benzene rings is 2. The minimum atomic E-state index is -0.179. The van der Waals surface area contributed by atoms with Gasteiger partial charge in [-0.3, -0.25) is 14.7 Å². The molecule has 0 saturated heterocycles. The first kappa shape index (κ1) is 16.9. The van der Waals surface area contributed by atoms with Crippen molar-refractivity contribution in [2.75, 3.05) is 4.90 Å². The van der Waals surface area contributed by atoms with E-state index in [1.807, 2.05) is 79.7 Å². The number of hydrogen-bond acceptors (Lipinski definition) is 3. The van der Waals surface area contributed by atoms with Crippen molar-refractivity contribution < 1.29 is 4.79 Å². The fourth-order valence-electron chi connectivity index (χ4n) is 3.19. The van der Waals surface area contributed by atoms with Gasteiger partial charge in [0.05, 0.1) is 11.6 Å². The molecule has 1 unspecified atom stereocenters. The highest BCUT2D eigenvalue weighted by atomic mass is 16.2. The van der Waals surface area contributed by atoms with Crippen LogP contribution in [0.5, 0.6) is 0 Å². The molecule has 0 bridgehead atoms. The number of nitrogens with zero attached hydrogens (tertiary/aromatic N) is 3. The Balaban J connectivity index is 1.78. The number of para-hydroxylation sites is 2. The highest BCUT2D eigenvalue weighted by molar-refractivity contribution is 6.06. The van der Waals surface area contributed by atoms with E-state index in [4.69, 9.17) is 0 Å². The van der Waals surface area contributed by atoms with Crippen LogP contribution >= 0.6 is 0 Å². The Morgan fingerprint density at radius 1 is 0.889 bits per heavy atom. The van der Waals surface area contributed by atoms with E-state index >= 15 is 0 Å². The van der Waals surface area contributed by atoms with Crippen molar-refractivity contribution in [2.24, 2.45) is 0 Å². The number of carbonyl (C=O) groups is 1. The third-order valence-electron chi connectivity index (χ3n) is 4.62. The minimum absolute atomic E-state index is 0.136. The van der Waals surface area contributed by atoms with Crippen LogP contribution in [0.4, 0.5) is 5.69 Å². The Kier molecular flexibility index (Phi) is 4.62. The second-order valence-electron chi connectivity index (χ2n) is 6.36. The molecule has 0 N–H and O–H groups in total. The normalized spacial score (nSPS) is 11.9. The highest BCUT2D eigenvalue weighted by Crippen LogP contribution is 2.28. The number of aromatic nitrogens is 2. The summed E-state index contributed by atoms with van der Waals surface area (Å²) in [5.41, 5.74) is 3.03. The Morgan fingerprint density at radius 2 is 1.67 bits per heavy atom. The average molecular weight is 353 g/mol. The van der Waals surface area contributed by atoms with Gasteiger partial charge in [0, 0.05) is 23.5 Å². The molecule has 4 nitrogen and oxygen atoms in total. The minimum Gasteiger partial charge on any atom is -0.300 e. The molecule has 2 aromatic heterocycles. The maximum absolute atomic E-state index is 13.4. The van der Waals surface area contributed by atoms with Gasteiger partial charge in [0.15, 0.2) is 0 Å². The molecule has 0 radical (unpaired) electrons. The molecule has 2 heterocycles. The van der Waals surface area contributed by atoms with E-state index in [1.165, 1.54) is 0 Å². The standard InChI is InChI=1S/C23H19N3O/c1-17(19-9-7-15-24-16-19)26(20-10-3-2-4-11-20)23(27)22-14-13-18-8-5-6-12-21(18)25-22/h2-17H,1H3. The number of rotatable bonds is 4. The maximum atomic E-state index is 13.4. The van der Waals surface area contributed by atoms with Crippen LogP contribution < -0.4 is 4.90 Å². The first-order valence-corrected chi connectivity index (χ1v) is 8.88. The summed E-state index contributed by atoms with van der Waals surface area (Å²) in [6.07, 6.45) is 3.53. The van der Waals surface area contributed by atoms with Crippen molar-refractivity contribution in [1.29, 1.82) is 0 Å². The zero-order valence-corrected chi connectivity index (χ0v) is 15.0. The van der Waals surface area contributed by atoms with Crippen molar-refractivity contribution in [3.8, 4) is 0 Å². The van der Waals surface area contributed by atoms with Crippen LogP contribution in [0, 0.1) is 0 Å². The van der Waals surface area contributed by atoms with Crippen LogP contribution in [0.3, 0.4) is 0 Å². The van der Waals surface area contributed by atoms with E-state index in [0.29, 0.717) is 5.69 Å². The molecular formula is C23H19N3O. The van der Waals surface area contributed by atoms with Crippen LogP contribution in [0.25, 0.3) is 10.9 Å². The Labute approximate surface area is 158 Å². The summed E-state index contributed by atoms with van der Waals surface area (Å²) in [6, 6.07) is 24.9. The van der Waals surface area contributed by atoms with Crippen LogP contribution in [-0.2, 0) is 0 Å². The maximum Gasteiger partial charge on any atom is 0.277 e. The number of fused-ring (bicyclic) bond motifs is 1. The van der Waals surface area contributed by atoms with E-state index in [-0.39, 0.29) is 11.9 Å². The number of pyridine rings is 2. The van der Waals surface area contributed by atoms with E-state index in [2.05, 4.69) is 9.97 Å². The van der Waals surface area contributed by atoms with Crippen molar-refractivity contribution in [3.63, 3.8) is 0 Å². The Bertz CT molecular complexity index is 1060. The second kappa shape index (κ2) is 7.38. The van der Waals surface area contributed by atoms with Gasteiger partial charge in [-0.05, 0) is 42.8 Å². The summed E-state index contributed by atoms with van der Waals surface area (Å²) >= 11 is 0. The average Bonchev–Trinajstić information content (AvgIpc) is 2.75. The fraction of sp³-hybridized carbons (Fsp3) is 0.0870. The molecule has 2 aromatic carbocycles. The summed E-state index contributed by atoms with van der Waals surface area (Å²) < 4.78 is 0. The molecule has 4 rings (SSSR count). The predicted molar refractivity (Wildman–Crippen MR) is 108 cm³/mol. The number of amides is 1. The second-order valence-corrected chi connectivity index (χ2v) is 6.36. The Morgan fingerprint density at radius 3 is 2.44 bits per heavy atom. The van der Waals surface area contributed by atoms with Gasteiger partial charge in [-0.25, -0.2) is 4.98 Å². The van der Waals surface area contributed by atoms with Gasteiger partial charge in [0.2, 0.25) is 0 Å². The summed E-state index contributed by atoms with van der Waals surface area (Å²) in [5, 5.41) is 1.01. The topological polar surface area (TPSA) is 46.1 Å². The van der Waals surface area contributed by atoms with Gasteiger partial charge in [-0.15, -0.1) is 0 Å². The van der Waals surface area contributed by atoms with Crippen molar-refractivity contribution >= 4 is 22.5 Å². The first-order valence-electron chi connectivity index (χ1n) is 8.88. The lowest BCUT2D eigenvalue weighted by molar-refractivity contribution is 0.0973. The van der Waals surface area contributed by atoms with E-state index in [0.717, 1.165) is 22.2 Å². The van der Waals surface area contributed by atoms with E-state index in [9.17, 15) is 4.79 Å². The van der Waals surface area contributed by atoms with Crippen molar-refractivity contribution in [2.45, 2.75) is 13.0 Å². The van der Waals surface area contributed by atoms with Gasteiger partial charge in [0.1, 0.15) is 5.69 Å². The molecule has 0 spiro atoms. The van der Waals surface area contributed by atoms with E-state index < -0.39 is 0 Å². The first-order chi connectivity index (χ1) is 13.2. The van der Waals surface area contributed by atoms with Crippen LogP contribution in [0.15, 0.2) is 91.3 Å². The zero-order valence-electron chi connectivity index (χ0n) is 15.0. The molecule has 27 heavy (non-hydrogen) atoms. The lowest BCUT2D eigenvalue weighted by Gasteiger charge is -2.29. The molecule has 4 aromatic rings. The molecule has 0 aliphatic carbocycles. The van der Waals surface area contributed by atoms with Crippen LogP contribution in [0.2, 0.25) is 0 Å². The SMILES string of the molecule is CC(c1cccnc1)N(C(=O)c1ccc2ccccc2n1)c1ccccc1. The number of hydrogen-bond donors (Lipinski definition) is 0. The van der Waals surface area contributed by atoms with Crippen molar-refractivity contribution in [3.05, 3.63) is 103 Å². The fourth-order valence-corrected chi connectivity index (χ4v) is 3.19. The third-order valence-corrected chi connectivity index (χ3v) is 4.62. The smallest absolute Gasteiger partial charge is 0.277 e. The van der Waals surface area contributed by atoms with Gasteiger partial charge < -0.3 is 0 Å². The highest BCUT2D eigenvalue weighted by Gasteiger charge is 2.25. The molecule has 132 valence electrons. The largest absolute Gasteiger partial charge is 0.300 e. The van der Waals surface area contributed by atoms with Crippen LogP contribution in [-0.4, -0.2) is 15.9 Å². The summed E-state index contributed by atoms with van der Waals surface area (Å²) in [7, 11) is 0. The summed E-state index contributed by atoms with van der Waals surface area (Å²) in [4.78, 5) is 24.0. The van der Waals surface area contributed by atoms with Gasteiger partial charge in [-0.1, -0.05) is 48.5 Å². The monoisotopic (exact) mass is 353 g/mol. The summed E-state index contributed by atoms with van der Waals surface area (Å²) in [6.45, 7) is 2.00. The lowest BCUT2D eigenvalue weighted by atomic mass is 10.1. The molecule has 0 saturated carbocycles. The summed E-state index contributed by atoms with van der Waals surface area (Å²) in [5.74, 6) is -0.136. The molecule has 0 aliphatic rings. The molecule has 4 heteroatoms. The van der Waals surface area contributed by atoms with Gasteiger partial charge >= 0.3 is 0 Å². The number of anilines is 1. The molecule has 0 fully saturated rings. The predicted octanol–water partition coefficient (Wildman–Crippen LogP) is 5.04.